The topological polar surface area (TPSA) is 83.0 Å². The first-order valence-electron chi connectivity index (χ1n) is 11.1. The van der Waals surface area contributed by atoms with Gasteiger partial charge in [0.2, 0.25) is 11.8 Å². The van der Waals surface area contributed by atoms with Crippen molar-refractivity contribution < 1.29 is 19.4 Å². The van der Waals surface area contributed by atoms with Gasteiger partial charge in [0.15, 0.2) is 0 Å². The van der Waals surface area contributed by atoms with E-state index in [1.165, 1.54) is 6.92 Å². The highest BCUT2D eigenvalue weighted by Gasteiger charge is 2.34. The standard InChI is InChI=1S/C26H31N3O4/c1-18-15-29(19(2)17-30)26(32)23-13-22(12-8-11-21-9-6-5-7-10-21)14-27-25(23)33-24(18)16-28(4)20(3)31/h5-7,9-10,13-14,18-19,24,30H,11,15-17H2,1-4H3/t18-,19-,24+/m0/s1. The maximum absolute atomic E-state index is 13.4. The zero-order valence-electron chi connectivity index (χ0n) is 19.6. The number of benzene rings is 1. The lowest BCUT2D eigenvalue weighted by Crippen LogP contribution is -2.50. The monoisotopic (exact) mass is 449 g/mol. The Morgan fingerprint density at radius 3 is 2.76 bits per heavy atom. The van der Waals surface area contributed by atoms with Gasteiger partial charge in [-0.3, -0.25) is 9.59 Å². The van der Waals surface area contributed by atoms with Crippen LogP contribution < -0.4 is 4.74 Å². The summed E-state index contributed by atoms with van der Waals surface area (Å²) in [5, 5.41) is 9.75. The molecular formula is C26H31N3O4. The van der Waals surface area contributed by atoms with Gasteiger partial charge in [0.25, 0.3) is 5.91 Å². The van der Waals surface area contributed by atoms with Crippen LogP contribution in [0.25, 0.3) is 0 Å². The van der Waals surface area contributed by atoms with Gasteiger partial charge in [-0.05, 0) is 18.6 Å². The van der Waals surface area contributed by atoms with Crippen LogP contribution in [0.3, 0.4) is 0 Å². The Bertz CT molecular complexity index is 1040. The lowest BCUT2D eigenvalue weighted by Gasteiger charge is -2.37. The van der Waals surface area contributed by atoms with Gasteiger partial charge in [-0.25, -0.2) is 4.98 Å². The number of aliphatic hydroxyl groups is 1. The average molecular weight is 450 g/mol. The molecule has 7 heteroatoms. The number of ether oxygens (including phenoxy) is 1. The molecular weight excluding hydrogens is 418 g/mol. The first-order chi connectivity index (χ1) is 15.8. The van der Waals surface area contributed by atoms with E-state index >= 15 is 0 Å². The molecule has 1 aliphatic rings. The summed E-state index contributed by atoms with van der Waals surface area (Å²) in [6, 6.07) is 11.3. The molecule has 174 valence electrons. The maximum atomic E-state index is 13.4. The Labute approximate surface area is 195 Å². The molecule has 1 aliphatic heterocycles. The van der Waals surface area contributed by atoms with E-state index in [0.717, 1.165) is 5.56 Å². The van der Waals surface area contributed by atoms with Gasteiger partial charge in [-0.1, -0.05) is 49.1 Å². The molecule has 33 heavy (non-hydrogen) atoms. The van der Waals surface area contributed by atoms with Gasteiger partial charge in [0.1, 0.15) is 11.7 Å². The zero-order chi connectivity index (χ0) is 24.0. The molecule has 0 bridgehead atoms. The molecule has 7 nitrogen and oxygen atoms in total. The highest BCUT2D eigenvalue weighted by Crippen LogP contribution is 2.27. The van der Waals surface area contributed by atoms with Crippen molar-refractivity contribution in [3.05, 3.63) is 59.3 Å². The minimum atomic E-state index is -0.370. The molecule has 1 N–H and O–H groups in total. The molecule has 0 spiro atoms. The Morgan fingerprint density at radius 1 is 1.36 bits per heavy atom. The first-order valence-corrected chi connectivity index (χ1v) is 11.1. The van der Waals surface area contributed by atoms with Crippen LogP contribution in [0.2, 0.25) is 0 Å². The van der Waals surface area contributed by atoms with Crippen molar-refractivity contribution in [3.8, 4) is 17.7 Å². The second kappa shape index (κ2) is 11.0. The SMILES string of the molecule is CC(=O)N(C)C[C@H]1Oc2ncc(C#CCc3ccccc3)cc2C(=O)N([C@@H](C)CO)C[C@@H]1C. The van der Waals surface area contributed by atoms with Crippen LogP contribution in [0.4, 0.5) is 0 Å². The molecule has 2 aromatic rings. The minimum absolute atomic E-state index is 0.0678. The number of aliphatic hydroxyl groups excluding tert-OH is 1. The molecule has 0 fully saturated rings. The molecule has 0 saturated carbocycles. The van der Waals surface area contributed by atoms with Crippen molar-refractivity contribution in [3.63, 3.8) is 0 Å². The van der Waals surface area contributed by atoms with Crippen molar-refractivity contribution in [2.45, 2.75) is 39.3 Å². The zero-order valence-corrected chi connectivity index (χ0v) is 19.6. The fourth-order valence-electron chi connectivity index (χ4n) is 3.63. The highest BCUT2D eigenvalue weighted by molar-refractivity contribution is 5.97. The molecule has 3 atom stereocenters. The summed E-state index contributed by atoms with van der Waals surface area (Å²) in [6.45, 7) is 5.88. The number of nitrogens with zero attached hydrogens (tertiary/aromatic N) is 3. The summed E-state index contributed by atoms with van der Waals surface area (Å²) in [4.78, 5) is 32.8. The van der Waals surface area contributed by atoms with Crippen molar-refractivity contribution in [2.75, 3.05) is 26.7 Å². The minimum Gasteiger partial charge on any atom is -0.472 e. The van der Waals surface area contributed by atoms with E-state index in [9.17, 15) is 14.7 Å². The first kappa shape index (κ1) is 24.3. The largest absolute Gasteiger partial charge is 0.472 e. The van der Waals surface area contributed by atoms with Gasteiger partial charge in [0.05, 0.1) is 19.2 Å². The third-order valence-electron chi connectivity index (χ3n) is 5.88. The van der Waals surface area contributed by atoms with Crippen LogP contribution >= 0.6 is 0 Å². The molecule has 0 unspecified atom stereocenters. The second-order valence-corrected chi connectivity index (χ2v) is 8.56. The van der Waals surface area contributed by atoms with Crippen molar-refractivity contribution in [1.29, 1.82) is 0 Å². The summed E-state index contributed by atoms with van der Waals surface area (Å²) in [5.74, 6) is 6.03. The number of aromatic nitrogens is 1. The van der Waals surface area contributed by atoms with Gasteiger partial charge in [-0.2, -0.15) is 0 Å². The number of hydrogen-bond acceptors (Lipinski definition) is 5. The quantitative estimate of drug-likeness (QED) is 0.709. The normalized spacial score (nSPS) is 18.7. The third kappa shape index (κ3) is 6.11. The summed E-state index contributed by atoms with van der Waals surface area (Å²) in [7, 11) is 1.72. The molecule has 1 aromatic carbocycles. The Hall–Kier alpha value is -3.37. The number of rotatable bonds is 5. The number of carbonyl (C=O) groups excluding carboxylic acids is 2. The van der Waals surface area contributed by atoms with Crippen LogP contribution in [-0.4, -0.2) is 70.6 Å². The lowest BCUT2D eigenvalue weighted by atomic mass is 10.00. The molecule has 0 radical (unpaired) electrons. The lowest BCUT2D eigenvalue weighted by molar-refractivity contribution is -0.129. The van der Waals surface area contributed by atoms with E-state index in [4.69, 9.17) is 4.74 Å². The molecule has 0 saturated heterocycles. The van der Waals surface area contributed by atoms with Crippen LogP contribution in [0.15, 0.2) is 42.6 Å². The van der Waals surface area contributed by atoms with Gasteiger partial charge in [0, 0.05) is 44.6 Å². The predicted molar refractivity (Wildman–Crippen MR) is 126 cm³/mol. The van der Waals surface area contributed by atoms with Gasteiger partial charge < -0.3 is 19.6 Å². The van der Waals surface area contributed by atoms with E-state index in [2.05, 4.69) is 16.8 Å². The van der Waals surface area contributed by atoms with Crippen LogP contribution in [0.1, 0.15) is 42.3 Å². The average Bonchev–Trinajstić information content (AvgIpc) is 2.81. The Kier molecular flexibility index (Phi) is 8.07. The van der Waals surface area contributed by atoms with E-state index in [1.54, 1.807) is 36.0 Å². The number of carbonyl (C=O) groups is 2. The fraction of sp³-hybridized carbons (Fsp3) is 0.423. The van der Waals surface area contributed by atoms with Crippen LogP contribution in [0, 0.1) is 17.8 Å². The molecule has 3 rings (SSSR count). The van der Waals surface area contributed by atoms with E-state index in [0.29, 0.717) is 30.6 Å². The molecule has 1 aromatic heterocycles. The smallest absolute Gasteiger partial charge is 0.259 e. The summed E-state index contributed by atoms with van der Waals surface area (Å²) < 4.78 is 6.17. The maximum Gasteiger partial charge on any atom is 0.259 e. The number of hydrogen-bond donors (Lipinski definition) is 1. The summed E-state index contributed by atoms with van der Waals surface area (Å²) >= 11 is 0. The third-order valence-corrected chi connectivity index (χ3v) is 5.88. The van der Waals surface area contributed by atoms with Crippen LogP contribution in [-0.2, 0) is 11.2 Å². The second-order valence-electron chi connectivity index (χ2n) is 8.56. The number of pyridine rings is 1. The summed E-state index contributed by atoms with van der Waals surface area (Å²) in [5.41, 5.74) is 2.03. The highest BCUT2D eigenvalue weighted by atomic mass is 16.5. The van der Waals surface area contributed by atoms with Crippen molar-refractivity contribution >= 4 is 11.8 Å². The molecule has 2 amide bonds. The Morgan fingerprint density at radius 2 is 2.09 bits per heavy atom. The number of amides is 2. The van der Waals surface area contributed by atoms with E-state index < -0.39 is 0 Å². The van der Waals surface area contributed by atoms with Crippen LogP contribution in [0.5, 0.6) is 5.88 Å². The van der Waals surface area contributed by atoms with Crippen molar-refractivity contribution in [2.24, 2.45) is 5.92 Å². The number of fused-ring (bicyclic) bond motifs is 1. The fourth-order valence-corrected chi connectivity index (χ4v) is 3.63. The van der Waals surface area contributed by atoms with Gasteiger partial charge >= 0.3 is 0 Å². The number of likely N-dealkylation sites (N-methyl/N-ethyl adjacent to an activating group) is 1. The molecule has 2 heterocycles. The van der Waals surface area contributed by atoms with E-state index in [-0.39, 0.29) is 42.4 Å². The van der Waals surface area contributed by atoms with Crippen molar-refractivity contribution in [1.82, 2.24) is 14.8 Å². The van der Waals surface area contributed by atoms with Gasteiger partial charge in [-0.15, -0.1) is 0 Å². The summed E-state index contributed by atoms with van der Waals surface area (Å²) in [6.07, 6.45) is 1.83. The predicted octanol–water partition coefficient (Wildman–Crippen LogP) is 2.37. The molecule has 0 aliphatic carbocycles. The van der Waals surface area contributed by atoms with E-state index in [1.807, 2.05) is 37.3 Å². The Balaban J connectivity index is 1.94.